The van der Waals surface area contributed by atoms with Crippen LogP contribution in [0.1, 0.15) is 12.8 Å². The van der Waals surface area contributed by atoms with Gasteiger partial charge in [0.05, 0.1) is 12.3 Å². The minimum Gasteiger partial charge on any atom is -0.480 e. The Morgan fingerprint density at radius 2 is 2.00 bits per heavy atom. The Bertz CT molecular complexity index is 615. The number of amides is 2. The Morgan fingerprint density at radius 1 is 1.26 bits per heavy atom. The van der Waals surface area contributed by atoms with E-state index in [0.717, 1.165) is 0 Å². The maximum atomic E-state index is 12.0. The average molecular weight is 319 g/mol. The van der Waals surface area contributed by atoms with Gasteiger partial charge in [-0.05, 0) is 12.1 Å². The molecule has 1 aliphatic heterocycles. The van der Waals surface area contributed by atoms with Crippen LogP contribution in [0.3, 0.4) is 0 Å². The minimum atomic E-state index is -1.06. The van der Waals surface area contributed by atoms with E-state index in [4.69, 9.17) is 9.84 Å². The third kappa shape index (κ3) is 4.89. The largest absolute Gasteiger partial charge is 0.480 e. The number of hydrogen-bond donors (Lipinski definition) is 2. The predicted octanol–water partition coefficient (Wildman–Crippen LogP) is 0.387. The van der Waals surface area contributed by atoms with Gasteiger partial charge in [0.1, 0.15) is 12.3 Å². The summed E-state index contributed by atoms with van der Waals surface area (Å²) in [5, 5.41) is 16.3. The van der Waals surface area contributed by atoms with E-state index in [1.807, 2.05) is 6.07 Å². The number of hydrazone groups is 1. The monoisotopic (exact) mass is 319 g/mol. The van der Waals surface area contributed by atoms with Crippen molar-refractivity contribution < 1.29 is 24.2 Å². The number of anilines is 1. The summed E-state index contributed by atoms with van der Waals surface area (Å²) in [4.78, 5) is 34.2. The second-order valence-corrected chi connectivity index (χ2v) is 4.79. The van der Waals surface area contributed by atoms with E-state index < -0.39 is 18.5 Å². The van der Waals surface area contributed by atoms with Crippen LogP contribution in [0.25, 0.3) is 0 Å². The summed E-state index contributed by atoms with van der Waals surface area (Å²) in [6, 6.07) is 8.87. The highest BCUT2D eigenvalue weighted by Crippen LogP contribution is 2.19. The third-order valence-corrected chi connectivity index (χ3v) is 3.05. The van der Waals surface area contributed by atoms with E-state index in [-0.39, 0.29) is 37.6 Å². The molecule has 8 heteroatoms. The third-order valence-electron chi connectivity index (χ3n) is 3.05. The zero-order chi connectivity index (χ0) is 16.7. The second-order valence-electron chi connectivity index (χ2n) is 4.79. The number of benzene rings is 1. The zero-order valence-electron chi connectivity index (χ0n) is 12.4. The van der Waals surface area contributed by atoms with Crippen LogP contribution in [0.15, 0.2) is 35.4 Å². The smallest absolute Gasteiger partial charge is 0.329 e. The molecule has 1 heterocycles. The summed E-state index contributed by atoms with van der Waals surface area (Å²) in [7, 11) is 0. The molecule has 0 bridgehead atoms. The van der Waals surface area contributed by atoms with Crippen LogP contribution < -0.4 is 10.3 Å². The van der Waals surface area contributed by atoms with E-state index in [0.29, 0.717) is 5.69 Å². The highest BCUT2D eigenvalue weighted by Gasteiger charge is 2.25. The SMILES string of the molecule is O=C(O)COCCNC(=O)C1=NN(c2ccccc2)C(=O)CC1. The average Bonchev–Trinajstić information content (AvgIpc) is 2.55. The Balaban J connectivity index is 1.92. The van der Waals surface area contributed by atoms with Crippen molar-refractivity contribution in [1.82, 2.24) is 5.32 Å². The first-order valence-corrected chi connectivity index (χ1v) is 7.11. The van der Waals surface area contributed by atoms with Gasteiger partial charge in [0.15, 0.2) is 0 Å². The van der Waals surface area contributed by atoms with Gasteiger partial charge >= 0.3 is 5.97 Å². The summed E-state index contributed by atoms with van der Waals surface area (Å²) in [6.07, 6.45) is 0.473. The summed E-state index contributed by atoms with van der Waals surface area (Å²) >= 11 is 0. The Labute approximate surface area is 132 Å². The summed E-state index contributed by atoms with van der Waals surface area (Å²) < 4.78 is 4.82. The fourth-order valence-corrected chi connectivity index (χ4v) is 1.99. The van der Waals surface area contributed by atoms with Gasteiger partial charge in [0.25, 0.3) is 5.91 Å². The summed E-state index contributed by atoms with van der Waals surface area (Å²) in [5.41, 5.74) is 0.860. The number of nitrogens with one attached hydrogen (secondary N) is 1. The molecule has 0 aliphatic carbocycles. The molecule has 1 aromatic rings. The lowest BCUT2D eigenvalue weighted by Crippen LogP contribution is -2.40. The molecule has 0 saturated carbocycles. The number of rotatable bonds is 7. The molecule has 2 N–H and O–H groups in total. The van der Waals surface area contributed by atoms with Crippen LogP contribution in [0.4, 0.5) is 5.69 Å². The normalized spacial score (nSPS) is 14.3. The molecule has 1 aliphatic rings. The van der Waals surface area contributed by atoms with E-state index in [9.17, 15) is 14.4 Å². The molecule has 8 nitrogen and oxygen atoms in total. The molecule has 0 radical (unpaired) electrons. The fraction of sp³-hybridized carbons (Fsp3) is 0.333. The van der Waals surface area contributed by atoms with Gasteiger partial charge in [-0.3, -0.25) is 9.59 Å². The van der Waals surface area contributed by atoms with Crippen molar-refractivity contribution in [3.8, 4) is 0 Å². The molecule has 23 heavy (non-hydrogen) atoms. The number of hydrogen-bond acceptors (Lipinski definition) is 5. The Kier molecular flexibility index (Phi) is 5.81. The van der Waals surface area contributed by atoms with Gasteiger partial charge in [-0.2, -0.15) is 5.10 Å². The summed E-state index contributed by atoms with van der Waals surface area (Å²) in [6.45, 7) is -0.149. The highest BCUT2D eigenvalue weighted by molar-refractivity contribution is 6.40. The molecule has 122 valence electrons. The minimum absolute atomic E-state index is 0.0899. The molecule has 0 fully saturated rings. The molecule has 2 amide bonds. The van der Waals surface area contributed by atoms with E-state index >= 15 is 0 Å². The summed E-state index contributed by atoms with van der Waals surface area (Å²) in [5.74, 6) is -1.63. The second kappa shape index (κ2) is 8.04. The van der Waals surface area contributed by atoms with E-state index in [2.05, 4.69) is 10.4 Å². The molecular weight excluding hydrogens is 302 g/mol. The van der Waals surface area contributed by atoms with Crippen molar-refractivity contribution in [3.05, 3.63) is 30.3 Å². The molecule has 1 aromatic carbocycles. The lowest BCUT2D eigenvalue weighted by atomic mass is 10.1. The topological polar surface area (TPSA) is 108 Å². The van der Waals surface area contributed by atoms with Gasteiger partial charge in [0, 0.05) is 19.4 Å². The maximum Gasteiger partial charge on any atom is 0.329 e. The maximum absolute atomic E-state index is 12.0. The first-order chi connectivity index (χ1) is 11.1. The number of carboxylic acids is 1. The number of carbonyl (C=O) groups is 3. The number of ether oxygens (including phenoxy) is 1. The van der Waals surface area contributed by atoms with Crippen molar-refractivity contribution in [2.24, 2.45) is 5.10 Å². The number of carbonyl (C=O) groups excluding carboxylic acids is 2. The predicted molar refractivity (Wildman–Crippen MR) is 82.1 cm³/mol. The number of nitrogens with zero attached hydrogens (tertiary/aromatic N) is 2. The van der Waals surface area contributed by atoms with Crippen molar-refractivity contribution in [2.45, 2.75) is 12.8 Å². The quantitative estimate of drug-likeness (QED) is 0.707. The van der Waals surface area contributed by atoms with Crippen LogP contribution in [0, 0.1) is 0 Å². The van der Waals surface area contributed by atoms with Crippen LogP contribution in [-0.2, 0) is 19.1 Å². The standard InChI is InChI=1S/C15H17N3O5/c19-13-7-6-12(15(22)16-8-9-23-10-14(20)21)17-18(13)11-4-2-1-3-5-11/h1-5H,6-10H2,(H,16,22)(H,20,21). The number of para-hydroxylation sites is 1. The molecule has 0 saturated heterocycles. The van der Waals surface area contributed by atoms with Crippen LogP contribution >= 0.6 is 0 Å². The fourth-order valence-electron chi connectivity index (χ4n) is 1.99. The van der Waals surface area contributed by atoms with E-state index in [1.165, 1.54) is 5.01 Å². The van der Waals surface area contributed by atoms with Gasteiger partial charge in [-0.1, -0.05) is 18.2 Å². The molecule has 0 aromatic heterocycles. The Morgan fingerprint density at radius 3 is 2.70 bits per heavy atom. The number of carboxylic acid groups (broad SMARTS) is 1. The van der Waals surface area contributed by atoms with Crippen LogP contribution in [-0.4, -0.2) is 48.4 Å². The van der Waals surface area contributed by atoms with Crippen molar-refractivity contribution in [2.75, 3.05) is 24.8 Å². The first kappa shape index (κ1) is 16.6. The van der Waals surface area contributed by atoms with Gasteiger partial charge in [0.2, 0.25) is 5.91 Å². The van der Waals surface area contributed by atoms with E-state index in [1.54, 1.807) is 24.3 Å². The van der Waals surface area contributed by atoms with Crippen LogP contribution in [0.5, 0.6) is 0 Å². The highest BCUT2D eigenvalue weighted by atomic mass is 16.5. The molecule has 2 rings (SSSR count). The first-order valence-electron chi connectivity index (χ1n) is 7.11. The lowest BCUT2D eigenvalue weighted by molar-refractivity contribution is -0.142. The van der Waals surface area contributed by atoms with Crippen LogP contribution in [0.2, 0.25) is 0 Å². The van der Waals surface area contributed by atoms with Gasteiger partial charge in [-0.25, -0.2) is 9.80 Å². The number of aliphatic carboxylic acids is 1. The van der Waals surface area contributed by atoms with Gasteiger partial charge in [-0.15, -0.1) is 0 Å². The molecule has 0 atom stereocenters. The van der Waals surface area contributed by atoms with Gasteiger partial charge < -0.3 is 15.2 Å². The zero-order valence-corrected chi connectivity index (χ0v) is 12.4. The lowest BCUT2D eigenvalue weighted by Gasteiger charge is -2.23. The van der Waals surface area contributed by atoms with Crippen molar-refractivity contribution in [3.63, 3.8) is 0 Å². The van der Waals surface area contributed by atoms with Crippen molar-refractivity contribution >= 4 is 29.2 Å². The molecule has 0 unspecified atom stereocenters. The molecular formula is C15H17N3O5. The molecule has 0 spiro atoms. The Hall–Kier alpha value is -2.74. The van der Waals surface area contributed by atoms with Crippen molar-refractivity contribution in [1.29, 1.82) is 0 Å².